The van der Waals surface area contributed by atoms with E-state index in [1.54, 1.807) is 6.20 Å². The Morgan fingerprint density at radius 1 is 1.12 bits per heavy atom. The first-order valence-corrected chi connectivity index (χ1v) is 8.89. The van der Waals surface area contributed by atoms with Crippen LogP contribution in [0.15, 0.2) is 60.8 Å². The quantitative estimate of drug-likeness (QED) is 0.664. The van der Waals surface area contributed by atoms with Gasteiger partial charge in [0.1, 0.15) is 0 Å². The first-order valence-electron chi connectivity index (χ1n) is 8.89. The van der Waals surface area contributed by atoms with Crippen molar-refractivity contribution in [3.05, 3.63) is 71.9 Å². The van der Waals surface area contributed by atoms with Crippen LogP contribution in [-0.2, 0) is 11.2 Å². The van der Waals surface area contributed by atoms with Gasteiger partial charge in [-0.3, -0.25) is 9.78 Å². The second-order valence-electron chi connectivity index (χ2n) is 6.52. The number of hydrogen-bond donors (Lipinski definition) is 1. The maximum Gasteiger partial charge on any atom is 0.224 e. The molecular formula is C22H24N2O. The molecule has 2 aromatic carbocycles. The molecule has 0 saturated heterocycles. The molecule has 1 heterocycles. The second-order valence-corrected chi connectivity index (χ2v) is 6.52. The van der Waals surface area contributed by atoms with Crippen molar-refractivity contribution in [2.24, 2.45) is 0 Å². The van der Waals surface area contributed by atoms with Crippen molar-refractivity contribution in [1.29, 1.82) is 0 Å². The van der Waals surface area contributed by atoms with Gasteiger partial charge in [0, 0.05) is 11.8 Å². The number of amides is 1. The van der Waals surface area contributed by atoms with E-state index in [2.05, 4.69) is 48.4 Å². The predicted octanol–water partition coefficient (Wildman–Crippen LogP) is 5.32. The third kappa shape index (κ3) is 4.44. The zero-order valence-electron chi connectivity index (χ0n) is 14.8. The molecule has 25 heavy (non-hydrogen) atoms. The topological polar surface area (TPSA) is 42.0 Å². The zero-order chi connectivity index (χ0) is 17.6. The lowest BCUT2D eigenvalue weighted by atomic mass is 9.97. The average molecular weight is 332 g/mol. The summed E-state index contributed by atoms with van der Waals surface area (Å²) in [5, 5.41) is 3.97. The Balaban J connectivity index is 1.56. The summed E-state index contributed by atoms with van der Waals surface area (Å²) in [6, 6.07) is 18.5. The summed E-state index contributed by atoms with van der Waals surface area (Å²) in [6.07, 6.45) is 4.06. The molecule has 0 spiro atoms. The smallest absolute Gasteiger partial charge is 0.224 e. The van der Waals surface area contributed by atoms with Gasteiger partial charge in [-0.05, 0) is 42.0 Å². The van der Waals surface area contributed by atoms with Crippen LogP contribution >= 0.6 is 0 Å². The number of fused-ring (bicyclic) bond motifs is 1. The second kappa shape index (κ2) is 7.93. The number of carbonyl (C=O) groups excluding carboxylic acids is 1. The van der Waals surface area contributed by atoms with Crippen LogP contribution in [0.4, 0.5) is 5.69 Å². The number of rotatable bonds is 6. The minimum Gasteiger partial charge on any atom is -0.325 e. The highest BCUT2D eigenvalue weighted by atomic mass is 16.1. The van der Waals surface area contributed by atoms with Crippen LogP contribution in [0, 0.1) is 0 Å². The molecule has 0 saturated carbocycles. The Morgan fingerprint density at radius 3 is 2.64 bits per heavy atom. The molecule has 1 aromatic heterocycles. The molecule has 128 valence electrons. The summed E-state index contributed by atoms with van der Waals surface area (Å²) >= 11 is 0. The van der Waals surface area contributed by atoms with Crippen molar-refractivity contribution >= 4 is 22.5 Å². The van der Waals surface area contributed by atoms with Gasteiger partial charge in [0.05, 0.1) is 17.4 Å². The fourth-order valence-corrected chi connectivity index (χ4v) is 2.87. The van der Waals surface area contributed by atoms with E-state index in [0.717, 1.165) is 29.4 Å². The summed E-state index contributed by atoms with van der Waals surface area (Å²) in [4.78, 5) is 16.6. The predicted molar refractivity (Wildman–Crippen MR) is 104 cm³/mol. The number of benzene rings is 2. The summed E-state index contributed by atoms with van der Waals surface area (Å²) < 4.78 is 0. The molecule has 0 aliphatic heterocycles. The molecule has 1 amide bonds. The molecule has 0 bridgehead atoms. The van der Waals surface area contributed by atoms with Crippen LogP contribution in [0.2, 0.25) is 0 Å². The van der Waals surface area contributed by atoms with Gasteiger partial charge < -0.3 is 5.32 Å². The molecule has 1 N–H and O–H groups in total. The van der Waals surface area contributed by atoms with Crippen LogP contribution in [0.1, 0.15) is 43.7 Å². The number of pyridine rings is 1. The maximum absolute atomic E-state index is 12.2. The van der Waals surface area contributed by atoms with Crippen molar-refractivity contribution in [1.82, 2.24) is 4.98 Å². The van der Waals surface area contributed by atoms with Crippen LogP contribution < -0.4 is 5.32 Å². The number of nitrogens with one attached hydrogen (secondary N) is 1. The van der Waals surface area contributed by atoms with Gasteiger partial charge in [0.2, 0.25) is 5.91 Å². The molecule has 0 radical (unpaired) electrons. The van der Waals surface area contributed by atoms with E-state index < -0.39 is 0 Å². The largest absolute Gasteiger partial charge is 0.325 e. The Morgan fingerprint density at radius 2 is 1.88 bits per heavy atom. The third-order valence-electron chi connectivity index (χ3n) is 4.68. The minimum atomic E-state index is 0.0167. The number of hydrogen-bond acceptors (Lipinski definition) is 2. The maximum atomic E-state index is 12.2. The summed E-state index contributed by atoms with van der Waals surface area (Å²) in [5.74, 6) is 0.598. The number of anilines is 1. The first kappa shape index (κ1) is 17.2. The van der Waals surface area contributed by atoms with E-state index in [-0.39, 0.29) is 5.91 Å². The highest BCUT2D eigenvalue weighted by Crippen LogP contribution is 2.20. The Hall–Kier alpha value is -2.68. The van der Waals surface area contributed by atoms with Crippen molar-refractivity contribution in [2.75, 3.05) is 5.32 Å². The number of nitrogens with zero attached hydrogens (tertiary/aromatic N) is 1. The molecule has 0 aliphatic rings. The van der Waals surface area contributed by atoms with Gasteiger partial charge in [0.25, 0.3) is 0 Å². The fourth-order valence-electron chi connectivity index (χ4n) is 2.87. The normalized spacial score (nSPS) is 12.1. The van der Waals surface area contributed by atoms with Gasteiger partial charge in [0.15, 0.2) is 0 Å². The van der Waals surface area contributed by atoms with Crippen LogP contribution in [-0.4, -0.2) is 10.9 Å². The minimum absolute atomic E-state index is 0.0167. The van der Waals surface area contributed by atoms with Gasteiger partial charge in [-0.15, -0.1) is 0 Å². The van der Waals surface area contributed by atoms with E-state index in [9.17, 15) is 4.79 Å². The monoisotopic (exact) mass is 332 g/mol. The van der Waals surface area contributed by atoms with Crippen molar-refractivity contribution < 1.29 is 4.79 Å². The van der Waals surface area contributed by atoms with E-state index in [1.165, 1.54) is 11.1 Å². The Kier molecular flexibility index (Phi) is 5.44. The lowest BCUT2D eigenvalue weighted by Gasteiger charge is -2.10. The number of aryl methyl sites for hydroxylation is 1. The molecule has 3 aromatic rings. The average Bonchev–Trinajstić information content (AvgIpc) is 2.66. The molecular weight excluding hydrogens is 308 g/mol. The molecule has 0 aliphatic carbocycles. The fraction of sp³-hybridized carbons (Fsp3) is 0.273. The standard InChI is InChI=1S/C22H24N2O/c1-3-16(2)18-11-8-17(9-12-18)10-13-22(25)24-20-14-19-6-4-5-7-21(19)23-15-20/h4-9,11-12,14-16H,3,10,13H2,1-2H3,(H,24,25). The first-order chi connectivity index (χ1) is 12.2. The van der Waals surface area contributed by atoms with Crippen molar-refractivity contribution in [2.45, 2.75) is 39.0 Å². The highest BCUT2D eigenvalue weighted by Gasteiger charge is 2.06. The summed E-state index contributed by atoms with van der Waals surface area (Å²) in [7, 11) is 0. The van der Waals surface area contributed by atoms with Crippen LogP contribution in [0.25, 0.3) is 10.9 Å². The molecule has 1 atom stereocenters. The molecule has 3 rings (SSSR count). The van der Waals surface area contributed by atoms with E-state index >= 15 is 0 Å². The molecule has 0 fully saturated rings. The molecule has 3 nitrogen and oxygen atoms in total. The third-order valence-corrected chi connectivity index (χ3v) is 4.68. The van der Waals surface area contributed by atoms with E-state index in [1.807, 2.05) is 30.3 Å². The summed E-state index contributed by atoms with van der Waals surface area (Å²) in [6.45, 7) is 4.44. The SMILES string of the molecule is CCC(C)c1ccc(CCC(=O)Nc2cnc3ccccc3c2)cc1. The van der Waals surface area contributed by atoms with Gasteiger partial charge in [-0.25, -0.2) is 0 Å². The van der Waals surface area contributed by atoms with Crippen molar-refractivity contribution in [3.63, 3.8) is 0 Å². The van der Waals surface area contributed by atoms with E-state index in [4.69, 9.17) is 0 Å². The van der Waals surface area contributed by atoms with E-state index in [0.29, 0.717) is 12.3 Å². The number of para-hydroxylation sites is 1. The lowest BCUT2D eigenvalue weighted by Crippen LogP contribution is -2.12. The highest BCUT2D eigenvalue weighted by molar-refractivity contribution is 5.93. The molecule has 1 unspecified atom stereocenters. The Bertz CT molecular complexity index is 855. The van der Waals surface area contributed by atoms with Crippen LogP contribution in [0.3, 0.4) is 0 Å². The van der Waals surface area contributed by atoms with Crippen molar-refractivity contribution in [3.8, 4) is 0 Å². The lowest BCUT2D eigenvalue weighted by molar-refractivity contribution is -0.116. The van der Waals surface area contributed by atoms with Gasteiger partial charge in [-0.2, -0.15) is 0 Å². The number of carbonyl (C=O) groups is 1. The molecule has 3 heteroatoms. The van der Waals surface area contributed by atoms with Gasteiger partial charge >= 0.3 is 0 Å². The zero-order valence-corrected chi connectivity index (χ0v) is 14.8. The van der Waals surface area contributed by atoms with Gasteiger partial charge in [-0.1, -0.05) is 56.3 Å². The Labute approximate surface area is 149 Å². The summed E-state index contributed by atoms with van der Waals surface area (Å²) in [5.41, 5.74) is 4.23. The van der Waals surface area contributed by atoms with Crippen LogP contribution in [0.5, 0.6) is 0 Å². The number of aromatic nitrogens is 1.